The van der Waals surface area contributed by atoms with E-state index in [1.54, 1.807) is 0 Å². The maximum atomic E-state index is 12.7. The van der Waals surface area contributed by atoms with Gasteiger partial charge in [-0.1, -0.05) is 34.6 Å². The highest BCUT2D eigenvalue weighted by Gasteiger charge is 2.57. The summed E-state index contributed by atoms with van der Waals surface area (Å²) in [5.74, 6) is -5.59. The zero-order valence-electron chi connectivity index (χ0n) is 15.3. The quantitative estimate of drug-likeness (QED) is 0.415. The zero-order valence-corrected chi connectivity index (χ0v) is 16.1. The molecule has 0 aromatic carbocycles. The molecule has 0 atom stereocenters. The minimum Gasteiger partial charge on any atom is -0.374 e. The molecule has 0 rings (SSSR count). The molecule has 10 heteroatoms. The Morgan fingerprint density at radius 3 is 1.96 bits per heavy atom. The molecule has 0 aromatic heterocycles. The van der Waals surface area contributed by atoms with Crippen molar-refractivity contribution in [1.29, 1.82) is 0 Å². The molecule has 0 bridgehead atoms. The molecule has 152 valence electrons. The summed E-state index contributed by atoms with van der Waals surface area (Å²) in [6.45, 7) is 7.41. The summed E-state index contributed by atoms with van der Waals surface area (Å²) in [5.41, 5.74) is -0.101. The van der Waals surface area contributed by atoms with Crippen LogP contribution in [0, 0.1) is 11.3 Å². The van der Waals surface area contributed by atoms with Crippen molar-refractivity contribution in [2.45, 2.75) is 53.1 Å². The van der Waals surface area contributed by atoms with E-state index in [2.05, 4.69) is 4.74 Å². The third-order valence-electron chi connectivity index (χ3n) is 3.26. The van der Waals surface area contributed by atoms with Gasteiger partial charge in [0, 0.05) is 13.1 Å². The molecule has 4 nitrogen and oxygen atoms in total. The molecule has 0 radical (unpaired) electrons. The largest absolute Gasteiger partial charge is 0.455 e. The average Bonchev–Trinajstić information content (AvgIpc) is 2.36. The number of halogens is 5. The summed E-state index contributed by atoms with van der Waals surface area (Å²) in [6, 6.07) is 0. The van der Waals surface area contributed by atoms with Crippen molar-refractivity contribution in [3.05, 3.63) is 0 Å². The Bertz CT molecular complexity index is 498. The van der Waals surface area contributed by atoms with E-state index in [0.717, 1.165) is 0 Å². The van der Waals surface area contributed by atoms with Gasteiger partial charge in [-0.05, 0) is 17.8 Å². The standard InChI is InChI=1S/C15H28F5NO3S/c1-12(2)10-21(7-6-13(3,4)5)25(22,23)9-8-24-11-14(16,17)15(18,19)20/h12H,6-11H2,1-5H3. The van der Waals surface area contributed by atoms with E-state index in [0.29, 0.717) is 6.42 Å². The van der Waals surface area contributed by atoms with Crippen molar-refractivity contribution in [1.82, 2.24) is 4.31 Å². The summed E-state index contributed by atoms with van der Waals surface area (Å²) in [6.07, 6.45) is -5.13. The summed E-state index contributed by atoms with van der Waals surface area (Å²) >= 11 is 0. The van der Waals surface area contributed by atoms with Crippen molar-refractivity contribution < 1.29 is 35.1 Å². The van der Waals surface area contributed by atoms with Crippen LogP contribution in [-0.2, 0) is 14.8 Å². The third kappa shape index (κ3) is 9.69. The summed E-state index contributed by atoms with van der Waals surface area (Å²) in [7, 11) is -3.81. The fourth-order valence-corrected chi connectivity index (χ4v) is 3.27. The highest BCUT2D eigenvalue weighted by molar-refractivity contribution is 7.89. The van der Waals surface area contributed by atoms with Crippen LogP contribution in [-0.4, -0.2) is 56.9 Å². The van der Waals surface area contributed by atoms with Gasteiger partial charge >= 0.3 is 12.1 Å². The lowest BCUT2D eigenvalue weighted by Gasteiger charge is -2.27. The Hall–Kier alpha value is -0.480. The fourth-order valence-electron chi connectivity index (χ4n) is 1.79. The Balaban J connectivity index is 4.72. The van der Waals surface area contributed by atoms with Crippen LogP contribution in [0.2, 0.25) is 0 Å². The van der Waals surface area contributed by atoms with E-state index in [1.165, 1.54) is 4.31 Å². The first-order valence-electron chi connectivity index (χ1n) is 7.98. The Labute approximate surface area is 146 Å². The van der Waals surface area contributed by atoms with Gasteiger partial charge in [-0.25, -0.2) is 12.7 Å². The fraction of sp³-hybridized carbons (Fsp3) is 1.00. The van der Waals surface area contributed by atoms with Gasteiger partial charge in [-0.2, -0.15) is 22.0 Å². The molecule has 0 aliphatic heterocycles. The van der Waals surface area contributed by atoms with E-state index in [9.17, 15) is 30.4 Å². The molecule has 0 aromatic rings. The van der Waals surface area contributed by atoms with Crippen LogP contribution in [0.4, 0.5) is 22.0 Å². The number of alkyl halides is 5. The van der Waals surface area contributed by atoms with Crippen LogP contribution >= 0.6 is 0 Å². The van der Waals surface area contributed by atoms with Crippen molar-refractivity contribution in [3.8, 4) is 0 Å². The Kier molecular flexibility index (Phi) is 8.77. The Morgan fingerprint density at radius 1 is 1.04 bits per heavy atom. The molecule has 0 unspecified atom stereocenters. The van der Waals surface area contributed by atoms with E-state index in [-0.39, 0.29) is 24.4 Å². The smallest absolute Gasteiger partial charge is 0.374 e. The lowest BCUT2D eigenvalue weighted by atomic mass is 9.92. The lowest BCUT2D eigenvalue weighted by molar-refractivity contribution is -0.296. The molecule has 0 heterocycles. The minimum absolute atomic E-state index is 0.0465. The normalized spacial score (nSPS) is 14.6. The molecular formula is C15H28F5NO3S. The summed E-state index contributed by atoms with van der Waals surface area (Å²) < 4.78 is 91.7. The molecule has 0 saturated carbocycles. The first-order valence-corrected chi connectivity index (χ1v) is 9.59. The number of nitrogens with zero attached hydrogens (tertiary/aromatic N) is 1. The van der Waals surface area contributed by atoms with Crippen LogP contribution < -0.4 is 0 Å². The summed E-state index contributed by atoms with van der Waals surface area (Å²) in [4.78, 5) is 0. The highest BCUT2D eigenvalue weighted by atomic mass is 32.2. The second-order valence-corrected chi connectivity index (χ2v) is 9.72. The van der Waals surface area contributed by atoms with Crippen LogP contribution in [0.25, 0.3) is 0 Å². The molecule has 0 aliphatic carbocycles. The molecule has 0 aliphatic rings. The lowest BCUT2D eigenvalue weighted by Crippen LogP contribution is -2.42. The second-order valence-electron chi connectivity index (χ2n) is 7.63. The number of hydrogen-bond acceptors (Lipinski definition) is 3. The second kappa shape index (κ2) is 8.94. The van der Waals surface area contributed by atoms with Gasteiger partial charge in [0.15, 0.2) is 0 Å². The SMILES string of the molecule is CC(C)CN(CCC(C)(C)C)S(=O)(=O)CCOCC(F)(F)C(F)(F)F. The Morgan fingerprint density at radius 2 is 1.56 bits per heavy atom. The van der Waals surface area contributed by atoms with Gasteiger partial charge in [-0.3, -0.25) is 0 Å². The molecule has 0 N–H and O–H groups in total. The predicted molar refractivity (Wildman–Crippen MR) is 86.1 cm³/mol. The molecule has 0 saturated heterocycles. The third-order valence-corrected chi connectivity index (χ3v) is 5.06. The summed E-state index contributed by atoms with van der Waals surface area (Å²) in [5, 5.41) is 0. The first-order chi connectivity index (χ1) is 11.0. The topological polar surface area (TPSA) is 46.6 Å². The van der Waals surface area contributed by atoms with Gasteiger partial charge in [0.05, 0.1) is 12.4 Å². The van der Waals surface area contributed by atoms with Gasteiger partial charge in [0.1, 0.15) is 6.61 Å². The maximum Gasteiger partial charge on any atom is 0.455 e. The first kappa shape index (κ1) is 24.5. The number of hydrogen-bond donors (Lipinski definition) is 0. The number of sulfonamides is 1. The van der Waals surface area contributed by atoms with E-state index in [1.807, 2.05) is 34.6 Å². The maximum absolute atomic E-state index is 12.7. The van der Waals surface area contributed by atoms with Crippen molar-refractivity contribution >= 4 is 10.0 Å². The van der Waals surface area contributed by atoms with Crippen molar-refractivity contribution in [2.75, 3.05) is 32.1 Å². The van der Waals surface area contributed by atoms with E-state index >= 15 is 0 Å². The minimum atomic E-state index is -5.72. The monoisotopic (exact) mass is 397 g/mol. The van der Waals surface area contributed by atoms with E-state index in [4.69, 9.17) is 0 Å². The van der Waals surface area contributed by atoms with Crippen LogP contribution in [0.15, 0.2) is 0 Å². The van der Waals surface area contributed by atoms with E-state index < -0.39 is 41.1 Å². The highest BCUT2D eigenvalue weighted by Crippen LogP contribution is 2.35. The number of ether oxygens (including phenoxy) is 1. The van der Waals surface area contributed by atoms with Crippen molar-refractivity contribution in [2.24, 2.45) is 11.3 Å². The van der Waals surface area contributed by atoms with Crippen LogP contribution in [0.3, 0.4) is 0 Å². The molecule has 25 heavy (non-hydrogen) atoms. The van der Waals surface area contributed by atoms with Crippen LogP contribution in [0.1, 0.15) is 41.0 Å². The van der Waals surface area contributed by atoms with Crippen molar-refractivity contribution in [3.63, 3.8) is 0 Å². The molecule has 0 fully saturated rings. The van der Waals surface area contributed by atoms with Crippen LogP contribution in [0.5, 0.6) is 0 Å². The molecule has 0 amide bonds. The molecular weight excluding hydrogens is 369 g/mol. The molecule has 0 spiro atoms. The van der Waals surface area contributed by atoms with Gasteiger partial charge < -0.3 is 4.74 Å². The zero-order chi connectivity index (χ0) is 20.1. The average molecular weight is 397 g/mol. The van der Waals surface area contributed by atoms with Gasteiger partial charge in [0.2, 0.25) is 10.0 Å². The van der Waals surface area contributed by atoms with Gasteiger partial charge in [-0.15, -0.1) is 0 Å². The predicted octanol–water partition coefficient (Wildman–Crippen LogP) is 3.92. The number of rotatable bonds is 10. The van der Waals surface area contributed by atoms with Gasteiger partial charge in [0.25, 0.3) is 0 Å².